The molecule has 5 heterocycles. The molecule has 1 aromatic heterocycles. The van der Waals surface area contributed by atoms with Crippen LogP contribution in [0.3, 0.4) is 0 Å². The van der Waals surface area contributed by atoms with Crippen molar-refractivity contribution in [3.05, 3.63) is 59.3 Å². The molecule has 9 heteroatoms. The number of ether oxygens (including phenoxy) is 3. The van der Waals surface area contributed by atoms with Crippen molar-refractivity contribution in [1.82, 2.24) is 19.7 Å². The summed E-state index contributed by atoms with van der Waals surface area (Å²) in [6, 6.07) is 13.0. The standard InChI is InChI=1S/C27H28N4O5/c32-24-15-30(8-7-29-9-11-34-12-10-29)27(33)21-14-19-18-3-1-2-4-20(18)28-25(19)26(31(21)24)17-5-6-22-23(13-17)36-16-35-22/h1-6,13,21,26,28H,7-12,14-16H2/t21-,26+/m1/s1. The zero-order chi connectivity index (χ0) is 24.2. The maximum atomic E-state index is 13.8. The van der Waals surface area contributed by atoms with Crippen LogP contribution < -0.4 is 9.47 Å². The molecule has 0 saturated carbocycles. The number of aromatic nitrogens is 1. The summed E-state index contributed by atoms with van der Waals surface area (Å²) < 4.78 is 16.6. The van der Waals surface area contributed by atoms with Gasteiger partial charge in [0.15, 0.2) is 11.5 Å². The van der Waals surface area contributed by atoms with Gasteiger partial charge in [0.25, 0.3) is 0 Å². The van der Waals surface area contributed by atoms with E-state index in [9.17, 15) is 9.59 Å². The minimum atomic E-state index is -0.543. The normalized spacial score (nSPS) is 23.8. The highest BCUT2D eigenvalue weighted by Gasteiger charge is 2.48. The number of aromatic amines is 1. The van der Waals surface area contributed by atoms with E-state index in [0.29, 0.717) is 37.7 Å². The Kier molecular flexibility index (Phi) is 5.14. The van der Waals surface area contributed by atoms with Crippen LogP contribution in [0.1, 0.15) is 22.9 Å². The van der Waals surface area contributed by atoms with E-state index in [1.54, 1.807) is 9.80 Å². The van der Waals surface area contributed by atoms with Crippen molar-refractivity contribution in [3.8, 4) is 11.5 Å². The molecular weight excluding hydrogens is 460 g/mol. The second kappa shape index (κ2) is 8.53. The van der Waals surface area contributed by atoms with Crippen LogP contribution in [0, 0.1) is 0 Å². The fourth-order valence-corrected chi connectivity index (χ4v) is 6.03. The third kappa shape index (κ3) is 3.45. The number of nitrogens with one attached hydrogen (secondary N) is 1. The van der Waals surface area contributed by atoms with Gasteiger partial charge in [0, 0.05) is 49.2 Å². The molecule has 2 saturated heterocycles. The van der Waals surface area contributed by atoms with E-state index in [4.69, 9.17) is 14.2 Å². The van der Waals surface area contributed by atoms with E-state index in [1.165, 1.54) is 0 Å². The molecule has 3 aromatic rings. The lowest BCUT2D eigenvalue weighted by atomic mass is 9.86. The first-order chi connectivity index (χ1) is 17.7. The minimum Gasteiger partial charge on any atom is -0.454 e. The van der Waals surface area contributed by atoms with Gasteiger partial charge in [0.05, 0.1) is 25.8 Å². The number of fused-ring (bicyclic) bond motifs is 5. The van der Waals surface area contributed by atoms with Crippen molar-refractivity contribution in [2.24, 2.45) is 0 Å². The molecule has 0 radical (unpaired) electrons. The van der Waals surface area contributed by atoms with Gasteiger partial charge >= 0.3 is 0 Å². The lowest BCUT2D eigenvalue weighted by Gasteiger charge is -2.47. The smallest absolute Gasteiger partial charge is 0.246 e. The number of amides is 2. The molecule has 7 rings (SSSR count). The number of rotatable bonds is 4. The maximum absolute atomic E-state index is 13.8. The molecule has 0 aliphatic carbocycles. The molecule has 2 fully saturated rings. The number of H-pyrrole nitrogens is 1. The van der Waals surface area contributed by atoms with Crippen LogP contribution in [0.25, 0.3) is 10.9 Å². The molecule has 2 atom stereocenters. The van der Waals surface area contributed by atoms with Crippen molar-refractivity contribution in [1.29, 1.82) is 0 Å². The van der Waals surface area contributed by atoms with Crippen LogP contribution in [0.5, 0.6) is 11.5 Å². The number of hydrogen-bond donors (Lipinski definition) is 1. The Morgan fingerprint density at radius 3 is 2.69 bits per heavy atom. The van der Waals surface area contributed by atoms with Crippen molar-refractivity contribution >= 4 is 22.7 Å². The van der Waals surface area contributed by atoms with Crippen LogP contribution in [-0.2, 0) is 20.7 Å². The molecule has 36 heavy (non-hydrogen) atoms. The number of piperazine rings is 1. The summed E-state index contributed by atoms with van der Waals surface area (Å²) in [5.41, 5.74) is 3.98. The second-order valence-corrected chi connectivity index (χ2v) is 9.81. The molecule has 0 bridgehead atoms. The molecule has 9 nitrogen and oxygen atoms in total. The number of carbonyl (C=O) groups excluding carboxylic acids is 2. The fourth-order valence-electron chi connectivity index (χ4n) is 6.03. The van der Waals surface area contributed by atoms with Gasteiger partial charge in [-0.3, -0.25) is 14.5 Å². The van der Waals surface area contributed by atoms with E-state index in [0.717, 1.165) is 47.4 Å². The highest BCUT2D eigenvalue weighted by molar-refractivity contribution is 5.97. The first kappa shape index (κ1) is 21.7. The predicted octanol–water partition coefficient (Wildman–Crippen LogP) is 1.91. The summed E-state index contributed by atoms with van der Waals surface area (Å²) in [6.45, 7) is 4.71. The zero-order valence-corrected chi connectivity index (χ0v) is 19.9. The van der Waals surface area contributed by atoms with Gasteiger partial charge in [-0.05, 0) is 29.3 Å². The van der Waals surface area contributed by atoms with Gasteiger partial charge in [0.1, 0.15) is 6.04 Å². The number of nitrogens with zero attached hydrogens (tertiary/aromatic N) is 3. The quantitative estimate of drug-likeness (QED) is 0.604. The van der Waals surface area contributed by atoms with Crippen LogP contribution in [0.2, 0.25) is 0 Å². The van der Waals surface area contributed by atoms with Gasteiger partial charge in [0.2, 0.25) is 18.6 Å². The lowest BCUT2D eigenvalue weighted by molar-refractivity contribution is -0.158. The Labute approximate surface area is 208 Å². The number of hydrogen-bond acceptors (Lipinski definition) is 6. The highest BCUT2D eigenvalue weighted by atomic mass is 16.7. The Balaban J connectivity index is 1.27. The summed E-state index contributed by atoms with van der Waals surface area (Å²) in [6.07, 6.45) is 0.499. The summed E-state index contributed by atoms with van der Waals surface area (Å²) in [5.74, 6) is 1.34. The Morgan fingerprint density at radius 2 is 1.81 bits per heavy atom. The molecule has 186 valence electrons. The van der Waals surface area contributed by atoms with Gasteiger partial charge < -0.3 is 29.0 Å². The predicted molar refractivity (Wildman–Crippen MR) is 131 cm³/mol. The Hall–Kier alpha value is -3.56. The topological polar surface area (TPSA) is 87.3 Å². The van der Waals surface area contributed by atoms with E-state index in [2.05, 4.69) is 16.0 Å². The van der Waals surface area contributed by atoms with Crippen molar-refractivity contribution in [2.75, 3.05) is 52.7 Å². The summed E-state index contributed by atoms with van der Waals surface area (Å²) >= 11 is 0. The van der Waals surface area contributed by atoms with Crippen LogP contribution in [0.4, 0.5) is 0 Å². The van der Waals surface area contributed by atoms with Gasteiger partial charge in [-0.1, -0.05) is 24.3 Å². The minimum absolute atomic E-state index is 0.0181. The van der Waals surface area contributed by atoms with Gasteiger partial charge in [-0.25, -0.2) is 0 Å². The van der Waals surface area contributed by atoms with Crippen LogP contribution in [-0.4, -0.2) is 90.3 Å². The molecule has 4 aliphatic rings. The van der Waals surface area contributed by atoms with Crippen molar-refractivity contribution in [2.45, 2.75) is 18.5 Å². The Bertz CT molecular complexity index is 1350. The maximum Gasteiger partial charge on any atom is 0.246 e. The first-order valence-electron chi connectivity index (χ1n) is 12.6. The lowest BCUT2D eigenvalue weighted by Crippen LogP contribution is -2.63. The number of morpholine rings is 1. The third-order valence-electron chi connectivity index (χ3n) is 7.84. The van der Waals surface area contributed by atoms with Crippen LogP contribution in [0.15, 0.2) is 42.5 Å². The average Bonchev–Trinajstić information content (AvgIpc) is 3.53. The van der Waals surface area contributed by atoms with E-state index < -0.39 is 12.1 Å². The van der Waals surface area contributed by atoms with Crippen molar-refractivity contribution in [3.63, 3.8) is 0 Å². The Morgan fingerprint density at radius 1 is 0.972 bits per heavy atom. The summed E-state index contributed by atoms with van der Waals surface area (Å²) in [7, 11) is 0. The monoisotopic (exact) mass is 488 g/mol. The second-order valence-electron chi connectivity index (χ2n) is 9.81. The fraction of sp³-hybridized carbons (Fsp3) is 0.407. The summed E-state index contributed by atoms with van der Waals surface area (Å²) in [4.78, 5) is 37.0. The molecule has 2 amide bonds. The van der Waals surface area contributed by atoms with E-state index in [1.807, 2.05) is 36.4 Å². The van der Waals surface area contributed by atoms with Crippen LogP contribution >= 0.6 is 0 Å². The van der Waals surface area contributed by atoms with Gasteiger partial charge in [-0.2, -0.15) is 0 Å². The molecular formula is C27H28N4O5. The number of carbonyl (C=O) groups is 2. The van der Waals surface area contributed by atoms with E-state index >= 15 is 0 Å². The number of benzene rings is 2. The van der Waals surface area contributed by atoms with E-state index in [-0.39, 0.29) is 25.2 Å². The third-order valence-corrected chi connectivity index (χ3v) is 7.84. The molecule has 1 N–H and O–H groups in total. The molecule has 0 unspecified atom stereocenters. The molecule has 0 spiro atoms. The van der Waals surface area contributed by atoms with Crippen molar-refractivity contribution < 1.29 is 23.8 Å². The first-order valence-corrected chi connectivity index (χ1v) is 12.6. The summed E-state index contributed by atoms with van der Waals surface area (Å²) in [5, 5.41) is 1.10. The zero-order valence-electron chi connectivity index (χ0n) is 19.9. The molecule has 2 aromatic carbocycles. The van der Waals surface area contributed by atoms with Gasteiger partial charge in [-0.15, -0.1) is 0 Å². The molecule has 4 aliphatic heterocycles. The SMILES string of the molecule is O=C1[C@H]2Cc3c([nH]c4ccccc34)[C@H](c3ccc4c(c3)OCO4)N2C(=O)CN1CCN1CCOCC1. The highest BCUT2D eigenvalue weighted by Crippen LogP contribution is 2.44. The number of para-hydroxylation sites is 1. The largest absolute Gasteiger partial charge is 0.454 e. The average molecular weight is 489 g/mol.